The van der Waals surface area contributed by atoms with Gasteiger partial charge >= 0.3 is 0 Å². The molecule has 0 saturated carbocycles. The summed E-state index contributed by atoms with van der Waals surface area (Å²) >= 11 is 0. The van der Waals surface area contributed by atoms with Crippen molar-refractivity contribution in [3.05, 3.63) is 24.3 Å². The number of rotatable bonds is 4. The quantitative estimate of drug-likeness (QED) is 0.469. The number of allylic oxidation sites excluding steroid dienone is 3. The molecule has 0 spiro atoms. The van der Waals surface area contributed by atoms with Gasteiger partial charge in [-0.2, -0.15) is 0 Å². The summed E-state index contributed by atoms with van der Waals surface area (Å²) in [5.74, 6) is 0. The van der Waals surface area contributed by atoms with E-state index in [0.717, 1.165) is 6.42 Å². The van der Waals surface area contributed by atoms with Crippen molar-refractivity contribution in [2.24, 2.45) is 5.73 Å². The van der Waals surface area contributed by atoms with Crippen LogP contribution in [0, 0.1) is 5.41 Å². The van der Waals surface area contributed by atoms with E-state index < -0.39 is 0 Å². The zero-order chi connectivity index (χ0) is 8.69. The minimum absolute atomic E-state index is 0.112. The molecule has 3 N–H and O–H groups in total. The minimum atomic E-state index is 0.112. The monoisotopic (exact) mass is 152 g/mol. The Morgan fingerprint density at radius 1 is 1.55 bits per heavy atom. The van der Waals surface area contributed by atoms with Crippen LogP contribution in [0.15, 0.2) is 24.3 Å². The summed E-state index contributed by atoms with van der Waals surface area (Å²) in [6.07, 6.45) is 8.41. The molecule has 2 heteroatoms. The topological polar surface area (TPSA) is 49.9 Å². The van der Waals surface area contributed by atoms with E-state index in [9.17, 15) is 0 Å². The Morgan fingerprint density at radius 3 is 2.64 bits per heavy atom. The van der Waals surface area contributed by atoms with Crippen molar-refractivity contribution >= 4 is 5.71 Å². The summed E-state index contributed by atoms with van der Waals surface area (Å²) in [4.78, 5) is 0. The summed E-state index contributed by atoms with van der Waals surface area (Å²) in [6, 6.07) is 0.112. The summed E-state index contributed by atoms with van der Waals surface area (Å²) < 4.78 is 0. The molecule has 0 bridgehead atoms. The fraction of sp³-hybridized carbons (Fsp3) is 0.444. The van der Waals surface area contributed by atoms with Gasteiger partial charge in [0.1, 0.15) is 0 Å². The van der Waals surface area contributed by atoms with E-state index >= 15 is 0 Å². The molecule has 0 aromatic carbocycles. The first kappa shape index (κ1) is 10.1. The van der Waals surface area contributed by atoms with Gasteiger partial charge in [-0.25, -0.2) is 0 Å². The van der Waals surface area contributed by atoms with E-state index in [0.29, 0.717) is 5.71 Å². The van der Waals surface area contributed by atoms with Gasteiger partial charge in [0, 0.05) is 18.2 Å². The van der Waals surface area contributed by atoms with Crippen LogP contribution in [-0.2, 0) is 0 Å². The second-order valence-corrected chi connectivity index (χ2v) is 2.66. The second kappa shape index (κ2) is 5.86. The highest BCUT2D eigenvalue weighted by Crippen LogP contribution is 1.87. The predicted octanol–water partition coefficient (Wildman–Crippen LogP) is 1.88. The van der Waals surface area contributed by atoms with Gasteiger partial charge in [0.2, 0.25) is 0 Å². The van der Waals surface area contributed by atoms with Crippen LogP contribution in [0.1, 0.15) is 20.3 Å². The Bertz CT molecular complexity index is 166. The number of nitrogens with two attached hydrogens (primary N) is 1. The fourth-order valence-electron chi connectivity index (χ4n) is 0.563. The molecule has 62 valence electrons. The zero-order valence-electron chi connectivity index (χ0n) is 7.17. The number of hydrogen-bond donors (Lipinski definition) is 2. The molecule has 0 aliphatic carbocycles. The Hall–Kier alpha value is -0.890. The molecule has 0 aromatic rings. The van der Waals surface area contributed by atoms with Crippen LogP contribution in [-0.4, -0.2) is 11.8 Å². The van der Waals surface area contributed by atoms with E-state index in [4.69, 9.17) is 11.1 Å². The first-order chi connectivity index (χ1) is 5.13. The maximum absolute atomic E-state index is 7.11. The summed E-state index contributed by atoms with van der Waals surface area (Å²) in [6.45, 7) is 3.71. The van der Waals surface area contributed by atoms with Crippen molar-refractivity contribution in [1.82, 2.24) is 0 Å². The average molecular weight is 152 g/mol. The molecule has 11 heavy (non-hydrogen) atoms. The third-order valence-electron chi connectivity index (χ3n) is 1.09. The van der Waals surface area contributed by atoms with Gasteiger partial charge in [-0.15, -0.1) is 0 Å². The third kappa shape index (κ3) is 9.11. The lowest BCUT2D eigenvalue weighted by Gasteiger charge is -1.90. The fourth-order valence-corrected chi connectivity index (χ4v) is 0.563. The molecule has 0 heterocycles. The van der Waals surface area contributed by atoms with Crippen molar-refractivity contribution in [2.75, 3.05) is 0 Å². The third-order valence-corrected chi connectivity index (χ3v) is 1.09. The number of hydrogen-bond acceptors (Lipinski definition) is 2. The summed E-state index contributed by atoms with van der Waals surface area (Å²) in [5, 5.41) is 7.11. The van der Waals surface area contributed by atoms with Gasteiger partial charge < -0.3 is 11.1 Å². The lowest BCUT2D eigenvalue weighted by atomic mass is 10.2. The lowest BCUT2D eigenvalue weighted by Crippen LogP contribution is -2.09. The van der Waals surface area contributed by atoms with Crippen LogP contribution < -0.4 is 5.73 Å². The molecule has 0 saturated heterocycles. The lowest BCUT2D eigenvalue weighted by molar-refractivity contribution is 0.926. The first-order valence-corrected chi connectivity index (χ1v) is 3.76. The van der Waals surface area contributed by atoms with Crippen LogP contribution in [0.25, 0.3) is 0 Å². The zero-order valence-corrected chi connectivity index (χ0v) is 7.17. The van der Waals surface area contributed by atoms with Crippen molar-refractivity contribution in [1.29, 1.82) is 5.41 Å². The molecule has 0 fully saturated rings. The molecular formula is C9H16N2. The molecule has 1 unspecified atom stereocenters. The van der Waals surface area contributed by atoms with Gasteiger partial charge in [0.25, 0.3) is 0 Å². The Labute approximate surface area is 68.3 Å². The second-order valence-electron chi connectivity index (χ2n) is 2.66. The highest BCUT2D eigenvalue weighted by molar-refractivity contribution is 5.79. The van der Waals surface area contributed by atoms with Gasteiger partial charge in [0.05, 0.1) is 0 Å². The molecule has 1 atom stereocenters. The van der Waals surface area contributed by atoms with Crippen LogP contribution in [0.5, 0.6) is 0 Å². The van der Waals surface area contributed by atoms with Gasteiger partial charge in [-0.3, -0.25) is 0 Å². The molecule has 0 amide bonds. The van der Waals surface area contributed by atoms with Crippen LogP contribution >= 0.6 is 0 Å². The Kier molecular flexibility index (Phi) is 5.39. The van der Waals surface area contributed by atoms with E-state index in [1.165, 1.54) is 0 Å². The van der Waals surface area contributed by atoms with Gasteiger partial charge in [-0.1, -0.05) is 24.3 Å². The summed E-state index contributed by atoms with van der Waals surface area (Å²) in [7, 11) is 0. The Morgan fingerprint density at radius 2 is 2.18 bits per heavy atom. The molecule has 0 rings (SSSR count). The SMILES string of the molecule is CC(=N)CC=CC=CC(C)N. The predicted molar refractivity (Wildman–Crippen MR) is 49.9 cm³/mol. The highest BCUT2D eigenvalue weighted by Gasteiger charge is 1.80. The smallest absolute Gasteiger partial charge is 0.0197 e. The van der Waals surface area contributed by atoms with Crippen LogP contribution in [0.3, 0.4) is 0 Å². The van der Waals surface area contributed by atoms with Crippen molar-refractivity contribution < 1.29 is 0 Å². The van der Waals surface area contributed by atoms with Crippen molar-refractivity contribution in [3.63, 3.8) is 0 Å². The Balaban J connectivity index is 3.52. The van der Waals surface area contributed by atoms with Crippen LogP contribution in [0.2, 0.25) is 0 Å². The maximum atomic E-state index is 7.11. The van der Waals surface area contributed by atoms with Crippen molar-refractivity contribution in [2.45, 2.75) is 26.3 Å². The molecule has 0 aromatic heterocycles. The van der Waals surface area contributed by atoms with Gasteiger partial charge in [0.15, 0.2) is 0 Å². The summed E-state index contributed by atoms with van der Waals surface area (Å²) in [5.41, 5.74) is 6.15. The van der Waals surface area contributed by atoms with Crippen LogP contribution in [0.4, 0.5) is 0 Å². The highest BCUT2D eigenvalue weighted by atomic mass is 14.6. The normalized spacial score (nSPS) is 14.5. The van der Waals surface area contributed by atoms with Crippen molar-refractivity contribution in [3.8, 4) is 0 Å². The van der Waals surface area contributed by atoms with E-state index in [-0.39, 0.29) is 6.04 Å². The number of nitrogens with one attached hydrogen (secondary N) is 1. The van der Waals surface area contributed by atoms with E-state index in [1.54, 1.807) is 6.92 Å². The average Bonchev–Trinajstić information content (AvgIpc) is 1.85. The molecule has 0 radical (unpaired) electrons. The molecule has 0 aliphatic rings. The maximum Gasteiger partial charge on any atom is 0.0197 e. The van der Waals surface area contributed by atoms with E-state index in [2.05, 4.69) is 0 Å². The molecule has 0 aliphatic heterocycles. The van der Waals surface area contributed by atoms with Gasteiger partial charge in [-0.05, 0) is 13.8 Å². The molecule has 2 nitrogen and oxygen atoms in total. The standard InChI is InChI=1S/C9H16N2/c1-8(10)6-4-3-5-7-9(2)11/h3-6,8,11H,7,10H2,1-2H3. The largest absolute Gasteiger partial charge is 0.325 e. The first-order valence-electron chi connectivity index (χ1n) is 3.76. The molecular weight excluding hydrogens is 136 g/mol. The van der Waals surface area contributed by atoms with E-state index in [1.807, 2.05) is 31.2 Å². The minimum Gasteiger partial charge on any atom is -0.325 e.